The number of hydrogen-bond donors (Lipinski definition) is 0. The second kappa shape index (κ2) is 9.50. The lowest BCUT2D eigenvalue weighted by Gasteiger charge is -2.32. The molecule has 6 nitrogen and oxygen atoms in total. The van der Waals surface area contributed by atoms with Crippen molar-refractivity contribution in [3.8, 4) is 0 Å². The first-order valence-electron chi connectivity index (χ1n) is 11.1. The number of ether oxygens (including phenoxy) is 1. The molecular weight excluding hydrogens is 419 g/mol. The zero-order valence-corrected chi connectivity index (χ0v) is 18.2. The average Bonchev–Trinajstić information content (AvgIpc) is 3.28. The maximum absolute atomic E-state index is 13.1. The summed E-state index contributed by atoms with van der Waals surface area (Å²) in [4.78, 5) is 19.3. The van der Waals surface area contributed by atoms with Gasteiger partial charge in [0, 0.05) is 24.5 Å². The number of carbonyl (C=O) groups excluding carboxylic acids is 1. The maximum Gasteiger partial charge on any atom is 0.224 e. The Hall–Kier alpha value is -3.58. The number of amides is 1. The predicted molar refractivity (Wildman–Crippen MR) is 123 cm³/mol. The molecule has 1 aliphatic rings. The molecule has 1 fully saturated rings. The first-order chi connectivity index (χ1) is 16.2. The number of carbonyl (C=O) groups is 1. The minimum absolute atomic E-state index is 0.0933. The minimum Gasteiger partial charge on any atom is -0.368 e. The zero-order valence-electron chi connectivity index (χ0n) is 18.2. The summed E-state index contributed by atoms with van der Waals surface area (Å²) in [6.07, 6.45) is 4.49. The zero-order chi connectivity index (χ0) is 22.6. The van der Waals surface area contributed by atoms with Gasteiger partial charge < -0.3 is 9.64 Å². The van der Waals surface area contributed by atoms with Crippen LogP contribution in [-0.2, 0) is 22.5 Å². The summed E-state index contributed by atoms with van der Waals surface area (Å²) >= 11 is 0. The number of fused-ring (bicyclic) bond motifs is 1. The number of aryl methyl sites for hydroxylation is 1. The number of benzene rings is 2. The van der Waals surface area contributed by atoms with Crippen molar-refractivity contribution in [3.63, 3.8) is 0 Å². The Morgan fingerprint density at radius 3 is 2.67 bits per heavy atom. The van der Waals surface area contributed by atoms with E-state index in [4.69, 9.17) is 4.74 Å². The van der Waals surface area contributed by atoms with Gasteiger partial charge in [0.2, 0.25) is 5.91 Å². The summed E-state index contributed by atoms with van der Waals surface area (Å²) in [6, 6.07) is 18.5. The first-order valence-corrected chi connectivity index (χ1v) is 11.1. The molecule has 0 bridgehead atoms. The molecule has 0 N–H and O–H groups in total. The van der Waals surface area contributed by atoms with Crippen LogP contribution in [0.3, 0.4) is 0 Å². The van der Waals surface area contributed by atoms with Crippen LogP contribution in [0.4, 0.5) is 4.39 Å². The summed E-state index contributed by atoms with van der Waals surface area (Å²) in [7, 11) is 0. The second-order valence-electron chi connectivity index (χ2n) is 8.27. The van der Waals surface area contributed by atoms with E-state index in [1.807, 2.05) is 58.4 Å². The molecule has 1 atom stereocenters. The molecule has 0 aliphatic carbocycles. The summed E-state index contributed by atoms with van der Waals surface area (Å²) in [6.45, 7) is 2.10. The van der Waals surface area contributed by atoms with Gasteiger partial charge in [0.05, 0.1) is 37.1 Å². The van der Waals surface area contributed by atoms with E-state index < -0.39 is 0 Å². The van der Waals surface area contributed by atoms with Gasteiger partial charge in [-0.05, 0) is 41.8 Å². The lowest BCUT2D eigenvalue weighted by Crippen LogP contribution is -2.42. The summed E-state index contributed by atoms with van der Waals surface area (Å²) < 4.78 is 20.9. The van der Waals surface area contributed by atoms with Crippen LogP contribution in [0, 0.1) is 5.82 Å². The van der Waals surface area contributed by atoms with Crippen LogP contribution >= 0.6 is 0 Å². The van der Waals surface area contributed by atoms with E-state index in [-0.39, 0.29) is 17.8 Å². The van der Waals surface area contributed by atoms with Crippen molar-refractivity contribution in [2.75, 3.05) is 19.7 Å². The van der Waals surface area contributed by atoms with Gasteiger partial charge in [-0.1, -0.05) is 36.4 Å². The van der Waals surface area contributed by atoms with Gasteiger partial charge in [0.1, 0.15) is 11.9 Å². The summed E-state index contributed by atoms with van der Waals surface area (Å²) in [5, 5.41) is 5.48. The van der Waals surface area contributed by atoms with Gasteiger partial charge in [0.25, 0.3) is 0 Å². The Kier molecular flexibility index (Phi) is 6.13. The number of aromatic nitrogens is 3. The van der Waals surface area contributed by atoms with E-state index >= 15 is 0 Å². The summed E-state index contributed by atoms with van der Waals surface area (Å²) in [5.41, 5.74) is 3.92. The van der Waals surface area contributed by atoms with Crippen molar-refractivity contribution in [1.82, 2.24) is 19.7 Å². The molecule has 0 unspecified atom stereocenters. The van der Waals surface area contributed by atoms with Crippen molar-refractivity contribution in [2.45, 2.75) is 25.5 Å². The van der Waals surface area contributed by atoms with E-state index in [0.717, 1.165) is 27.7 Å². The molecule has 2 aromatic heterocycles. The van der Waals surface area contributed by atoms with E-state index in [9.17, 15) is 9.18 Å². The van der Waals surface area contributed by atoms with Crippen LogP contribution in [0.5, 0.6) is 0 Å². The molecule has 1 amide bonds. The monoisotopic (exact) mass is 444 g/mol. The fourth-order valence-electron chi connectivity index (χ4n) is 4.19. The molecule has 0 radical (unpaired) electrons. The molecule has 0 saturated carbocycles. The topological polar surface area (TPSA) is 60.2 Å². The van der Waals surface area contributed by atoms with Crippen LogP contribution in [0.1, 0.15) is 29.3 Å². The highest BCUT2D eigenvalue weighted by molar-refractivity contribution is 5.79. The van der Waals surface area contributed by atoms with E-state index in [2.05, 4.69) is 10.1 Å². The van der Waals surface area contributed by atoms with Gasteiger partial charge in [-0.2, -0.15) is 5.10 Å². The highest BCUT2D eigenvalue weighted by Gasteiger charge is 2.26. The Morgan fingerprint density at radius 2 is 1.85 bits per heavy atom. The van der Waals surface area contributed by atoms with Crippen molar-refractivity contribution in [3.05, 3.63) is 95.7 Å². The molecule has 33 heavy (non-hydrogen) atoms. The standard InChI is InChI=1S/C26H25FN4O2/c27-22-8-5-19(6-9-22)15-20-7-10-23(28-16-20)25-18-30(13-14-33-25)26(32)11-12-31-24-4-2-1-3-21(24)17-29-31/h1-10,16-17,25H,11-15,18H2/t25-/m1/s1. The third-order valence-corrected chi connectivity index (χ3v) is 6.01. The van der Waals surface area contributed by atoms with Crippen molar-refractivity contribution >= 4 is 16.8 Å². The first kappa shape index (κ1) is 21.3. The van der Waals surface area contributed by atoms with Gasteiger partial charge >= 0.3 is 0 Å². The number of para-hydroxylation sites is 1. The van der Waals surface area contributed by atoms with Crippen LogP contribution in [0.25, 0.3) is 10.9 Å². The SMILES string of the molecule is O=C(CCn1ncc2ccccc21)N1CCO[C@@H](c2ccc(Cc3ccc(F)cc3)cn2)C1. The van der Waals surface area contributed by atoms with Crippen LogP contribution in [0.2, 0.25) is 0 Å². The number of nitrogens with zero attached hydrogens (tertiary/aromatic N) is 4. The highest BCUT2D eigenvalue weighted by Crippen LogP contribution is 2.22. The third-order valence-electron chi connectivity index (χ3n) is 6.01. The third kappa shape index (κ3) is 4.93. The highest BCUT2D eigenvalue weighted by atomic mass is 19.1. The smallest absolute Gasteiger partial charge is 0.224 e. The second-order valence-corrected chi connectivity index (χ2v) is 8.27. The lowest BCUT2D eigenvalue weighted by molar-refractivity contribution is -0.139. The number of hydrogen-bond acceptors (Lipinski definition) is 4. The Balaban J connectivity index is 1.18. The van der Waals surface area contributed by atoms with E-state index in [1.165, 1.54) is 12.1 Å². The molecule has 1 aliphatic heterocycles. The average molecular weight is 445 g/mol. The largest absolute Gasteiger partial charge is 0.368 e. The molecule has 168 valence electrons. The Labute approximate surface area is 191 Å². The molecule has 1 saturated heterocycles. The normalized spacial score (nSPS) is 16.3. The van der Waals surface area contributed by atoms with Gasteiger partial charge in [0.15, 0.2) is 0 Å². The molecule has 4 aromatic rings. The fraction of sp³-hybridized carbons (Fsp3) is 0.269. The van der Waals surface area contributed by atoms with Crippen molar-refractivity contribution in [1.29, 1.82) is 0 Å². The van der Waals surface area contributed by atoms with Crippen LogP contribution < -0.4 is 0 Å². The quantitative estimate of drug-likeness (QED) is 0.448. The van der Waals surface area contributed by atoms with Crippen LogP contribution in [-0.4, -0.2) is 45.3 Å². The fourth-order valence-corrected chi connectivity index (χ4v) is 4.19. The van der Waals surface area contributed by atoms with E-state index in [0.29, 0.717) is 39.1 Å². The molecular formula is C26H25FN4O2. The number of morpholine rings is 1. The summed E-state index contributed by atoms with van der Waals surface area (Å²) in [5.74, 6) is -0.144. The molecule has 2 aromatic carbocycles. The molecule has 7 heteroatoms. The van der Waals surface area contributed by atoms with Gasteiger partial charge in [-0.25, -0.2) is 4.39 Å². The molecule has 0 spiro atoms. The van der Waals surface area contributed by atoms with Crippen molar-refractivity contribution in [2.24, 2.45) is 0 Å². The van der Waals surface area contributed by atoms with Gasteiger partial charge in [-0.15, -0.1) is 0 Å². The molecule has 3 heterocycles. The number of rotatable bonds is 6. The van der Waals surface area contributed by atoms with E-state index in [1.54, 1.807) is 12.1 Å². The number of halogens is 1. The number of pyridine rings is 1. The van der Waals surface area contributed by atoms with Gasteiger partial charge in [-0.3, -0.25) is 14.5 Å². The maximum atomic E-state index is 13.1. The Bertz CT molecular complexity index is 1240. The lowest BCUT2D eigenvalue weighted by atomic mass is 10.1. The van der Waals surface area contributed by atoms with Crippen molar-refractivity contribution < 1.29 is 13.9 Å². The minimum atomic E-state index is -0.242. The predicted octanol–water partition coefficient (Wildman–Crippen LogP) is 4.15. The molecule has 5 rings (SSSR count). The van der Waals surface area contributed by atoms with Crippen LogP contribution in [0.15, 0.2) is 73.1 Å². The Morgan fingerprint density at radius 1 is 1.03 bits per heavy atom.